The summed E-state index contributed by atoms with van der Waals surface area (Å²) in [5.74, 6) is -0.203. The van der Waals surface area contributed by atoms with Gasteiger partial charge in [-0.25, -0.2) is 0 Å². The minimum Gasteiger partial charge on any atom is -0.307 e. The number of aromatic nitrogens is 2. The third-order valence-electron chi connectivity index (χ3n) is 4.35. The Labute approximate surface area is 155 Å². The van der Waals surface area contributed by atoms with Crippen molar-refractivity contribution in [3.05, 3.63) is 52.2 Å². The summed E-state index contributed by atoms with van der Waals surface area (Å²) in [6, 6.07) is 1.15. The number of benzene rings is 1. The van der Waals surface area contributed by atoms with Crippen molar-refractivity contribution in [2.24, 2.45) is 7.05 Å². The molecule has 4 nitrogen and oxygen atoms in total. The van der Waals surface area contributed by atoms with Crippen molar-refractivity contribution in [2.45, 2.75) is 31.6 Å². The summed E-state index contributed by atoms with van der Waals surface area (Å²) in [6.07, 6.45) is -5.64. The van der Waals surface area contributed by atoms with E-state index in [1.165, 1.54) is 4.68 Å². The van der Waals surface area contributed by atoms with Gasteiger partial charge < -0.3 is 5.32 Å². The third-order valence-corrected chi connectivity index (χ3v) is 4.35. The summed E-state index contributed by atoms with van der Waals surface area (Å²) in [6.45, 7) is 0. The Kier molecular flexibility index (Phi) is 4.99. The zero-order valence-electron chi connectivity index (χ0n) is 14.6. The molecule has 1 amide bonds. The van der Waals surface area contributed by atoms with Gasteiger partial charge >= 0.3 is 12.4 Å². The molecule has 0 spiro atoms. The van der Waals surface area contributed by atoms with Crippen LogP contribution in [0.3, 0.4) is 0 Å². The Morgan fingerprint density at radius 1 is 1.07 bits per heavy atom. The first kappa shape index (κ1) is 20.0. The maximum atomic E-state index is 12.9. The van der Waals surface area contributed by atoms with Crippen LogP contribution in [0.4, 0.5) is 32.2 Å². The lowest BCUT2D eigenvalue weighted by Crippen LogP contribution is -2.13. The Morgan fingerprint density at radius 3 is 2.25 bits per heavy atom. The lowest BCUT2D eigenvalue weighted by molar-refractivity contribution is -0.143. The molecule has 10 heteroatoms. The zero-order chi connectivity index (χ0) is 20.7. The number of carbonyl (C=O) groups is 1. The lowest BCUT2D eigenvalue weighted by atomic mass is 10.0. The molecule has 3 rings (SSSR count). The van der Waals surface area contributed by atoms with Gasteiger partial charge in [-0.2, -0.15) is 31.4 Å². The molecule has 2 aromatic rings. The van der Waals surface area contributed by atoms with Gasteiger partial charge in [0.25, 0.3) is 0 Å². The van der Waals surface area contributed by atoms with E-state index in [9.17, 15) is 31.1 Å². The minimum absolute atomic E-state index is 0.0380. The SMILES string of the molecule is Cn1nc2c(c1NC(=O)C=Cc1cc(C(F)(F)F)cc(C(F)(F)F)c1)CCC2. The van der Waals surface area contributed by atoms with Crippen molar-refractivity contribution < 1.29 is 31.1 Å². The molecule has 1 N–H and O–H groups in total. The van der Waals surface area contributed by atoms with Crippen LogP contribution < -0.4 is 5.32 Å². The van der Waals surface area contributed by atoms with Crippen LogP contribution in [0.2, 0.25) is 0 Å². The number of hydrogen-bond donors (Lipinski definition) is 1. The van der Waals surface area contributed by atoms with Crippen molar-refractivity contribution >= 4 is 17.8 Å². The summed E-state index contributed by atoms with van der Waals surface area (Å²) in [5.41, 5.74) is -1.50. The van der Waals surface area contributed by atoms with E-state index in [-0.39, 0.29) is 11.6 Å². The molecule has 0 fully saturated rings. The fourth-order valence-electron chi connectivity index (χ4n) is 3.08. The molecule has 0 atom stereocenters. The largest absolute Gasteiger partial charge is 0.416 e. The molecular formula is C18H15F6N3O. The van der Waals surface area contributed by atoms with Gasteiger partial charge in [0, 0.05) is 18.7 Å². The van der Waals surface area contributed by atoms with E-state index >= 15 is 0 Å². The van der Waals surface area contributed by atoms with Crippen LogP contribution in [0.5, 0.6) is 0 Å². The topological polar surface area (TPSA) is 46.9 Å². The number of nitrogens with one attached hydrogen (secondary N) is 1. The van der Waals surface area contributed by atoms with Crippen molar-refractivity contribution in [1.29, 1.82) is 0 Å². The fraction of sp³-hybridized carbons (Fsp3) is 0.333. The van der Waals surface area contributed by atoms with E-state index in [0.29, 0.717) is 18.0 Å². The maximum Gasteiger partial charge on any atom is 0.416 e. The molecule has 1 aromatic carbocycles. The van der Waals surface area contributed by atoms with Gasteiger partial charge in [-0.15, -0.1) is 0 Å². The number of nitrogens with zero attached hydrogens (tertiary/aromatic N) is 2. The van der Waals surface area contributed by atoms with Gasteiger partial charge in [-0.3, -0.25) is 9.48 Å². The molecule has 1 aliphatic carbocycles. The van der Waals surface area contributed by atoms with E-state index in [4.69, 9.17) is 0 Å². The van der Waals surface area contributed by atoms with Crippen LogP contribution in [0, 0.1) is 0 Å². The van der Waals surface area contributed by atoms with E-state index in [0.717, 1.165) is 42.7 Å². The zero-order valence-corrected chi connectivity index (χ0v) is 14.6. The van der Waals surface area contributed by atoms with Crippen LogP contribution in [0.25, 0.3) is 6.08 Å². The number of carbonyl (C=O) groups excluding carboxylic acids is 1. The van der Waals surface area contributed by atoms with Gasteiger partial charge in [0.05, 0.1) is 16.8 Å². The van der Waals surface area contributed by atoms with Crippen LogP contribution in [-0.4, -0.2) is 15.7 Å². The van der Waals surface area contributed by atoms with E-state index in [1.807, 2.05) is 0 Å². The molecule has 1 heterocycles. The maximum absolute atomic E-state index is 12.9. The van der Waals surface area contributed by atoms with Gasteiger partial charge in [0.2, 0.25) is 5.91 Å². The number of aryl methyl sites for hydroxylation is 2. The lowest BCUT2D eigenvalue weighted by Gasteiger charge is -2.13. The second-order valence-corrected chi connectivity index (χ2v) is 6.41. The molecule has 0 saturated carbocycles. The van der Waals surface area contributed by atoms with Crippen molar-refractivity contribution in [1.82, 2.24) is 9.78 Å². The van der Waals surface area contributed by atoms with Crippen LogP contribution in [-0.2, 0) is 37.0 Å². The number of amides is 1. The van der Waals surface area contributed by atoms with E-state index < -0.39 is 29.4 Å². The highest BCUT2D eigenvalue weighted by Gasteiger charge is 2.36. The number of anilines is 1. The first-order chi connectivity index (χ1) is 12.9. The standard InChI is InChI=1S/C18H15F6N3O/c1-27-16(13-3-2-4-14(13)26-27)25-15(28)6-5-10-7-11(17(19,20)21)9-12(8-10)18(22,23)24/h5-9H,2-4H2,1H3,(H,25,28). The Bertz CT molecular complexity index is 908. The minimum atomic E-state index is -4.94. The van der Waals surface area contributed by atoms with Crippen molar-refractivity contribution in [3.63, 3.8) is 0 Å². The number of hydrogen-bond acceptors (Lipinski definition) is 2. The molecule has 0 unspecified atom stereocenters. The normalized spacial score (nSPS) is 14.5. The molecule has 0 aliphatic heterocycles. The van der Waals surface area contributed by atoms with Gasteiger partial charge in [0.1, 0.15) is 5.82 Å². The number of alkyl halides is 6. The van der Waals surface area contributed by atoms with E-state index in [2.05, 4.69) is 10.4 Å². The van der Waals surface area contributed by atoms with Crippen LogP contribution in [0.1, 0.15) is 34.4 Å². The summed E-state index contributed by atoms with van der Waals surface area (Å²) in [7, 11) is 1.64. The molecule has 0 saturated heterocycles. The summed E-state index contributed by atoms with van der Waals surface area (Å²) < 4.78 is 78.8. The van der Waals surface area contributed by atoms with Gasteiger partial charge in [0.15, 0.2) is 0 Å². The predicted molar refractivity (Wildman–Crippen MR) is 89.3 cm³/mol. The molecule has 0 radical (unpaired) electrons. The van der Waals surface area contributed by atoms with E-state index in [1.54, 1.807) is 7.05 Å². The van der Waals surface area contributed by atoms with Crippen molar-refractivity contribution in [3.8, 4) is 0 Å². The first-order valence-corrected chi connectivity index (χ1v) is 8.28. The third kappa shape index (κ3) is 4.20. The molecule has 0 bridgehead atoms. The Morgan fingerprint density at radius 2 is 1.68 bits per heavy atom. The average Bonchev–Trinajstić information content (AvgIpc) is 3.14. The Hall–Kier alpha value is -2.78. The fourth-order valence-corrected chi connectivity index (χ4v) is 3.08. The predicted octanol–water partition coefficient (Wildman–Crippen LogP) is 4.60. The molecular weight excluding hydrogens is 388 g/mol. The van der Waals surface area contributed by atoms with Crippen molar-refractivity contribution in [2.75, 3.05) is 5.32 Å². The highest BCUT2D eigenvalue weighted by molar-refractivity contribution is 6.02. The number of fused-ring (bicyclic) bond motifs is 1. The van der Waals surface area contributed by atoms with Gasteiger partial charge in [-0.05, 0) is 49.1 Å². The summed E-state index contributed by atoms with van der Waals surface area (Å²) in [5, 5.41) is 6.85. The molecule has 28 heavy (non-hydrogen) atoms. The highest BCUT2D eigenvalue weighted by atomic mass is 19.4. The Balaban J connectivity index is 1.84. The second-order valence-electron chi connectivity index (χ2n) is 6.41. The molecule has 1 aromatic heterocycles. The van der Waals surface area contributed by atoms with Crippen LogP contribution >= 0.6 is 0 Å². The quantitative estimate of drug-likeness (QED) is 0.602. The van der Waals surface area contributed by atoms with Gasteiger partial charge in [-0.1, -0.05) is 0 Å². The molecule has 150 valence electrons. The second kappa shape index (κ2) is 6.99. The summed E-state index contributed by atoms with van der Waals surface area (Å²) >= 11 is 0. The number of rotatable bonds is 3. The number of halogens is 6. The summed E-state index contributed by atoms with van der Waals surface area (Å²) in [4.78, 5) is 12.1. The first-order valence-electron chi connectivity index (χ1n) is 8.28. The molecule has 1 aliphatic rings. The monoisotopic (exact) mass is 403 g/mol. The average molecular weight is 403 g/mol. The van der Waals surface area contributed by atoms with Crippen LogP contribution in [0.15, 0.2) is 24.3 Å². The highest BCUT2D eigenvalue weighted by Crippen LogP contribution is 2.36. The smallest absolute Gasteiger partial charge is 0.307 e.